The number of benzene rings is 1. The molecule has 0 bridgehead atoms. The molecule has 0 radical (unpaired) electrons. The molecule has 0 aliphatic rings. The summed E-state index contributed by atoms with van der Waals surface area (Å²) < 4.78 is 10.9. The fraction of sp³-hybridized carbons (Fsp3) is 0.429. The van der Waals surface area contributed by atoms with E-state index in [0.29, 0.717) is 39.6 Å². The van der Waals surface area contributed by atoms with Crippen LogP contribution in [0.3, 0.4) is 0 Å². The van der Waals surface area contributed by atoms with Crippen LogP contribution in [-0.4, -0.2) is 16.7 Å². The zero-order chi connectivity index (χ0) is 15.6. The minimum Gasteiger partial charge on any atom is -0.396 e. The fourth-order valence-corrected chi connectivity index (χ4v) is 2.41. The van der Waals surface area contributed by atoms with E-state index in [1.807, 2.05) is 20.8 Å². The van der Waals surface area contributed by atoms with Crippen LogP contribution in [0.2, 0.25) is 10.0 Å². The Labute approximate surface area is 133 Å². The van der Waals surface area contributed by atoms with Gasteiger partial charge in [-0.1, -0.05) is 42.2 Å². The van der Waals surface area contributed by atoms with Gasteiger partial charge < -0.3 is 15.0 Å². The minimum absolute atomic E-state index is 0.216. The second kappa shape index (κ2) is 6.64. The summed E-state index contributed by atoms with van der Waals surface area (Å²) in [6.45, 7) is 6.57. The van der Waals surface area contributed by atoms with Gasteiger partial charge in [-0.05, 0) is 25.0 Å². The van der Waals surface area contributed by atoms with Gasteiger partial charge >= 0.3 is 0 Å². The Morgan fingerprint density at radius 2 is 1.90 bits per heavy atom. The van der Waals surface area contributed by atoms with E-state index in [1.165, 1.54) is 0 Å². The summed E-state index contributed by atoms with van der Waals surface area (Å²) in [4.78, 5) is 4.37. The highest BCUT2D eigenvalue weighted by Crippen LogP contribution is 2.33. The fourth-order valence-electron chi connectivity index (χ4n) is 1.92. The maximum Gasteiger partial charge on any atom is 0.258 e. The molecule has 1 aromatic heterocycles. The van der Waals surface area contributed by atoms with Crippen LogP contribution < -0.4 is 5.73 Å². The van der Waals surface area contributed by atoms with Crippen LogP contribution in [-0.2, 0) is 4.74 Å². The Bertz CT molecular complexity index is 605. The minimum atomic E-state index is -0.216. The van der Waals surface area contributed by atoms with Gasteiger partial charge in [0, 0.05) is 12.2 Å². The Hall–Kier alpha value is -1.30. The van der Waals surface area contributed by atoms with Crippen molar-refractivity contribution in [2.45, 2.75) is 26.9 Å². The van der Waals surface area contributed by atoms with Crippen LogP contribution in [0, 0.1) is 5.92 Å². The lowest BCUT2D eigenvalue weighted by Crippen LogP contribution is -2.12. The Kier molecular flexibility index (Phi) is 5.08. The van der Waals surface area contributed by atoms with E-state index in [2.05, 4.69) is 10.1 Å². The lowest BCUT2D eigenvalue weighted by atomic mass is 10.1. The molecule has 1 unspecified atom stereocenters. The molecular weight excluding hydrogens is 313 g/mol. The van der Waals surface area contributed by atoms with E-state index >= 15 is 0 Å². The number of halogens is 2. The van der Waals surface area contributed by atoms with Crippen molar-refractivity contribution in [3.63, 3.8) is 0 Å². The molecule has 5 nitrogen and oxygen atoms in total. The Morgan fingerprint density at radius 1 is 1.29 bits per heavy atom. The first-order chi connectivity index (χ1) is 9.93. The summed E-state index contributed by atoms with van der Waals surface area (Å²) in [6.07, 6.45) is -0.216. The van der Waals surface area contributed by atoms with E-state index in [1.54, 1.807) is 12.1 Å². The highest BCUT2D eigenvalue weighted by atomic mass is 35.5. The topological polar surface area (TPSA) is 74.2 Å². The van der Waals surface area contributed by atoms with Crippen LogP contribution in [0.25, 0.3) is 11.5 Å². The molecule has 7 heteroatoms. The first-order valence-corrected chi connectivity index (χ1v) is 7.39. The lowest BCUT2D eigenvalue weighted by molar-refractivity contribution is 0.0217. The van der Waals surface area contributed by atoms with Gasteiger partial charge in [0.25, 0.3) is 5.89 Å². The lowest BCUT2D eigenvalue weighted by Gasteiger charge is -2.16. The van der Waals surface area contributed by atoms with Crippen molar-refractivity contribution in [3.05, 3.63) is 28.0 Å². The third kappa shape index (κ3) is 3.48. The zero-order valence-electron chi connectivity index (χ0n) is 12.1. The molecule has 0 saturated carbocycles. The molecule has 0 saturated heterocycles. The molecule has 0 aliphatic heterocycles. The quantitative estimate of drug-likeness (QED) is 0.825. The van der Waals surface area contributed by atoms with Crippen LogP contribution in [0.5, 0.6) is 0 Å². The molecule has 0 aliphatic carbocycles. The van der Waals surface area contributed by atoms with Gasteiger partial charge in [-0.15, -0.1) is 0 Å². The number of aromatic nitrogens is 2. The number of nitrogens with two attached hydrogens (primary N) is 1. The first-order valence-electron chi connectivity index (χ1n) is 6.64. The van der Waals surface area contributed by atoms with E-state index in [-0.39, 0.29) is 12.0 Å². The summed E-state index contributed by atoms with van der Waals surface area (Å²) in [6, 6.07) is 3.29. The number of rotatable bonds is 5. The number of anilines is 1. The van der Waals surface area contributed by atoms with Crippen LogP contribution in [0.15, 0.2) is 16.7 Å². The maximum absolute atomic E-state index is 6.01. The number of hydrogen-bond acceptors (Lipinski definition) is 5. The van der Waals surface area contributed by atoms with Crippen LogP contribution in [0.4, 0.5) is 5.69 Å². The second-order valence-electron chi connectivity index (χ2n) is 4.93. The summed E-state index contributed by atoms with van der Waals surface area (Å²) in [5, 5.41) is 4.69. The monoisotopic (exact) mass is 329 g/mol. The second-order valence-corrected chi connectivity index (χ2v) is 5.75. The maximum atomic E-state index is 6.01. The van der Waals surface area contributed by atoms with Crippen molar-refractivity contribution in [3.8, 4) is 11.5 Å². The third-order valence-electron chi connectivity index (χ3n) is 2.97. The van der Waals surface area contributed by atoms with Gasteiger partial charge in [0.15, 0.2) is 0 Å². The summed E-state index contributed by atoms with van der Waals surface area (Å²) in [7, 11) is 0. The van der Waals surface area contributed by atoms with Crippen molar-refractivity contribution in [2.24, 2.45) is 5.92 Å². The molecule has 1 aromatic carbocycles. The molecule has 114 valence electrons. The molecule has 1 heterocycles. The Balaban J connectivity index is 2.35. The van der Waals surface area contributed by atoms with Crippen molar-refractivity contribution < 1.29 is 9.26 Å². The molecular formula is C14H17Cl2N3O2. The molecule has 2 rings (SSSR count). The van der Waals surface area contributed by atoms with Gasteiger partial charge in [-0.25, -0.2) is 0 Å². The van der Waals surface area contributed by atoms with Gasteiger partial charge in [-0.2, -0.15) is 4.98 Å². The van der Waals surface area contributed by atoms with Crippen LogP contribution in [0.1, 0.15) is 32.7 Å². The van der Waals surface area contributed by atoms with E-state index in [4.69, 9.17) is 38.2 Å². The summed E-state index contributed by atoms with van der Waals surface area (Å²) in [5.41, 5.74) is 6.66. The molecule has 0 spiro atoms. The van der Waals surface area contributed by atoms with E-state index in [9.17, 15) is 0 Å². The number of nitrogen functional groups attached to an aromatic ring is 1. The van der Waals surface area contributed by atoms with E-state index < -0.39 is 0 Å². The highest BCUT2D eigenvalue weighted by molar-refractivity contribution is 6.39. The van der Waals surface area contributed by atoms with Gasteiger partial charge in [-0.3, -0.25) is 0 Å². The molecule has 2 aromatic rings. The van der Waals surface area contributed by atoms with Crippen molar-refractivity contribution in [1.29, 1.82) is 0 Å². The van der Waals surface area contributed by atoms with Gasteiger partial charge in [0.1, 0.15) is 6.10 Å². The predicted molar refractivity (Wildman–Crippen MR) is 83.4 cm³/mol. The average molecular weight is 330 g/mol. The number of nitrogens with zero attached hydrogens (tertiary/aromatic N) is 2. The van der Waals surface area contributed by atoms with Crippen LogP contribution >= 0.6 is 23.2 Å². The predicted octanol–water partition coefficient (Wildman–Crippen LogP) is 4.36. The molecule has 0 amide bonds. The van der Waals surface area contributed by atoms with Gasteiger partial charge in [0.05, 0.1) is 15.7 Å². The molecule has 2 N–H and O–H groups in total. The molecule has 0 fully saturated rings. The molecule has 21 heavy (non-hydrogen) atoms. The van der Waals surface area contributed by atoms with Crippen molar-refractivity contribution >= 4 is 28.9 Å². The summed E-state index contributed by atoms with van der Waals surface area (Å²) in [5.74, 6) is 1.07. The Morgan fingerprint density at radius 3 is 2.43 bits per heavy atom. The van der Waals surface area contributed by atoms with Gasteiger partial charge in [0.2, 0.25) is 5.82 Å². The number of hydrogen-bond donors (Lipinski definition) is 1. The first kappa shape index (κ1) is 16.1. The average Bonchev–Trinajstić information content (AvgIpc) is 2.90. The largest absolute Gasteiger partial charge is 0.396 e. The van der Waals surface area contributed by atoms with E-state index in [0.717, 1.165) is 0 Å². The number of ether oxygens (including phenoxy) is 1. The highest BCUT2D eigenvalue weighted by Gasteiger charge is 2.23. The third-order valence-corrected chi connectivity index (χ3v) is 3.60. The molecule has 1 atom stereocenters. The normalized spacial score (nSPS) is 12.9. The van der Waals surface area contributed by atoms with Crippen molar-refractivity contribution in [1.82, 2.24) is 10.1 Å². The van der Waals surface area contributed by atoms with Crippen molar-refractivity contribution in [2.75, 3.05) is 12.3 Å². The SMILES string of the molecule is CCOC(c1noc(-c2cc(Cl)c(N)c(Cl)c2)n1)C(C)C. The zero-order valence-corrected chi connectivity index (χ0v) is 13.6. The smallest absolute Gasteiger partial charge is 0.258 e. The summed E-state index contributed by atoms with van der Waals surface area (Å²) >= 11 is 12.0. The standard InChI is InChI=1S/C14H17Cl2N3O2/c1-4-20-12(7(2)3)13-18-14(21-19-13)8-5-9(15)11(17)10(16)6-8/h5-7,12H,4,17H2,1-3H3.